The third-order valence-electron chi connectivity index (χ3n) is 5.88. The Morgan fingerprint density at radius 2 is 1.84 bits per heavy atom. The lowest BCUT2D eigenvalue weighted by Gasteiger charge is -2.29. The number of nitrogens with one attached hydrogen (secondary N) is 2. The Bertz CT molecular complexity index is 1310. The number of rotatable bonds is 8. The highest BCUT2D eigenvalue weighted by molar-refractivity contribution is 7.89. The molecule has 0 unspecified atom stereocenters. The van der Waals surface area contributed by atoms with E-state index in [1.165, 1.54) is 17.9 Å². The number of ether oxygens (including phenoxy) is 1. The van der Waals surface area contributed by atoms with Crippen molar-refractivity contribution in [3.05, 3.63) is 58.6 Å². The molecule has 1 heterocycles. The van der Waals surface area contributed by atoms with Crippen LogP contribution in [0.5, 0.6) is 0 Å². The van der Waals surface area contributed by atoms with Gasteiger partial charge in [-0.05, 0) is 58.2 Å². The number of nitrogens with two attached hydrogens (primary N) is 1. The summed E-state index contributed by atoms with van der Waals surface area (Å²) >= 11 is 6.17. The lowest BCUT2D eigenvalue weighted by atomic mass is 10.1. The largest absolute Gasteiger partial charge is 0.458 e. The first kappa shape index (κ1) is 29.4. The Morgan fingerprint density at radius 3 is 2.45 bits per heavy atom. The third-order valence-corrected chi connectivity index (χ3v) is 7.26. The number of carbonyl (C=O) groups excluding carboxylic acids is 3. The number of hydrogen-bond acceptors (Lipinski definition) is 7. The van der Waals surface area contributed by atoms with E-state index in [1.54, 1.807) is 20.8 Å². The standard InChI is InChI=1S/C26H33ClN4O6S/c1-16(24(33)31-12-8-11-21(31)25(34)37-26(2,3)4)30-23(32)18-13-22(38(28,35)36)19(27)14-20(18)29-15-17-9-6-5-7-10-17/h5-7,9-10,13-14,16,21,29H,8,11-12,15H2,1-4H3,(H,30,32)(H2,28,35,36)/t16-,21-/m0/s1. The maximum atomic E-state index is 13.3. The number of sulfonamides is 1. The van der Waals surface area contributed by atoms with E-state index >= 15 is 0 Å². The molecule has 0 radical (unpaired) electrons. The molecule has 4 N–H and O–H groups in total. The van der Waals surface area contributed by atoms with Gasteiger partial charge in [0, 0.05) is 18.8 Å². The lowest BCUT2D eigenvalue weighted by molar-refractivity contribution is -0.163. The van der Waals surface area contributed by atoms with E-state index in [0.29, 0.717) is 25.9 Å². The second-order valence-corrected chi connectivity index (χ2v) is 12.1. The molecule has 38 heavy (non-hydrogen) atoms. The number of anilines is 1. The summed E-state index contributed by atoms with van der Waals surface area (Å²) in [5.41, 5.74) is 0.416. The third kappa shape index (κ3) is 7.46. The summed E-state index contributed by atoms with van der Waals surface area (Å²) in [6.45, 7) is 7.42. The number of amides is 2. The van der Waals surface area contributed by atoms with Gasteiger partial charge in [-0.15, -0.1) is 0 Å². The summed E-state index contributed by atoms with van der Waals surface area (Å²) in [6.07, 6.45) is 1.09. The van der Waals surface area contributed by atoms with Crippen LogP contribution in [0.2, 0.25) is 5.02 Å². The van der Waals surface area contributed by atoms with Crippen LogP contribution in [0.1, 0.15) is 56.5 Å². The fourth-order valence-electron chi connectivity index (χ4n) is 4.13. The number of benzene rings is 2. The van der Waals surface area contributed by atoms with E-state index in [4.69, 9.17) is 21.5 Å². The fourth-order valence-corrected chi connectivity index (χ4v) is 5.23. The minimum absolute atomic E-state index is 0.0564. The smallest absolute Gasteiger partial charge is 0.329 e. The Balaban J connectivity index is 1.82. The van der Waals surface area contributed by atoms with Crippen LogP contribution in [-0.2, 0) is 30.9 Å². The van der Waals surface area contributed by atoms with Gasteiger partial charge in [0.05, 0.1) is 10.6 Å². The Hall–Kier alpha value is -3.15. The van der Waals surface area contributed by atoms with E-state index in [0.717, 1.165) is 11.6 Å². The molecular formula is C26H33ClN4O6S. The van der Waals surface area contributed by atoms with Crippen molar-refractivity contribution in [2.24, 2.45) is 5.14 Å². The first-order valence-electron chi connectivity index (χ1n) is 12.2. The predicted octanol–water partition coefficient (Wildman–Crippen LogP) is 3.05. The van der Waals surface area contributed by atoms with E-state index in [1.807, 2.05) is 30.3 Å². The highest BCUT2D eigenvalue weighted by atomic mass is 35.5. The molecular weight excluding hydrogens is 532 g/mol. The van der Waals surface area contributed by atoms with Gasteiger partial charge in [0.15, 0.2) is 0 Å². The van der Waals surface area contributed by atoms with Gasteiger partial charge < -0.3 is 20.3 Å². The van der Waals surface area contributed by atoms with E-state index in [-0.39, 0.29) is 16.3 Å². The topological polar surface area (TPSA) is 148 Å². The normalized spacial score (nSPS) is 16.6. The Labute approximate surface area is 227 Å². The van der Waals surface area contributed by atoms with Crippen molar-refractivity contribution in [2.45, 2.75) is 69.7 Å². The number of carbonyl (C=O) groups is 3. The van der Waals surface area contributed by atoms with E-state index < -0.39 is 50.4 Å². The zero-order chi connectivity index (χ0) is 28.3. The number of halogens is 1. The minimum atomic E-state index is -4.23. The van der Waals surface area contributed by atoms with Gasteiger partial charge in [-0.3, -0.25) is 9.59 Å². The SMILES string of the molecule is C[C@H](NC(=O)c1cc(S(N)(=O)=O)c(Cl)cc1NCc1ccccc1)C(=O)N1CCC[C@H]1C(=O)OC(C)(C)C. The monoisotopic (exact) mass is 564 g/mol. The molecule has 0 spiro atoms. The van der Waals surface area contributed by atoms with Crippen molar-refractivity contribution in [1.29, 1.82) is 0 Å². The molecule has 3 rings (SSSR count). The Kier molecular flexibility index (Phi) is 9.06. The zero-order valence-electron chi connectivity index (χ0n) is 21.8. The average molecular weight is 565 g/mol. The first-order valence-corrected chi connectivity index (χ1v) is 14.1. The Morgan fingerprint density at radius 1 is 1.18 bits per heavy atom. The summed E-state index contributed by atoms with van der Waals surface area (Å²) < 4.78 is 29.6. The molecule has 1 aliphatic heterocycles. The maximum absolute atomic E-state index is 13.3. The predicted molar refractivity (Wildman–Crippen MR) is 144 cm³/mol. The van der Waals surface area contributed by atoms with Crippen molar-refractivity contribution in [3.63, 3.8) is 0 Å². The molecule has 2 aromatic carbocycles. The van der Waals surface area contributed by atoms with Gasteiger partial charge in [-0.25, -0.2) is 18.4 Å². The molecule has 10 nitrogen and oxygen atoms in total. The summed E-state index contributed by atoms with van der Waals surface area (Å²) in [4.78, 5) is 40.2. The van der Waals surface area contributed by atoms with Gasteiger partial charge in [-0.1, -0.05) is 41.9 Å². The fraction of sp³-hybridized carbons (Fsp3) is 0.423. The zero-order valence-corrected chi connectivity index (χ0v) is 23.4. The molecule has 1 saturated heterocycles. The van der Waals surface area contributed by atoms with E-state index in [9.17, 15) is 22.8 Å². The summed E-state index contributed by atoms with van der Waals surface area (Å²) in [5.74, 6) is -1.66. The summed E-state index contributed by atoms with van der Waals surface area (Å²) in [6, 6.07) is 9.98. The molecule has 2 amide bonds. The molecule has 0 aromatic heterocycles. The van der Waals surface area contributed by atoms with Crippen LogP contribution in [0.15, 0.2) is 47.4 Å². The molecule has 12 heteroatoms. The number of nitrogens with zero attached hydrogens (tertiary/aromatic N) is 1. The molecule has 0 bridgehead atoms. The summed E-state index contributed by atoms with van der Waals surface area (Å²) in [5, 5.41) is 10.9. The molecule has 1 fully saturated rings. The number of esters is 1. The van der Waals surface area contributed by atoms with Crippen LogP contribution in [0.25, 0.3) is 0 Å². The van der Waals surface area contributed by atoms with Crippen molar-refractivity contribution in [1.82, 2.24) is 10.2 Å². The van der Waals surface area contributed by atoms with Crippen LogP contribution in [0, 0.1) is 0 Å². The quantitative estimate of drug-likeness (QED) is 0.417. The molecule has 206 valence electrons. The van der Waals surface area contributed by atoms with Gasteiger partial charge in [-0.2, -0.15) is 0 Å². The number of primary sulfonamides is 1. The van der Waals surface area contributed by atoms with Crippen molar-refractivity contribution >= 4 is 45.1 Å². The van der Waals surface area contributed by atoms with Crippen molar-refractivity contribution < 1.29 is 27.5 Å². The maximum Gasteiger partial charge on any atom is 0.329 e. The minimum Gasteiger partial charge on any atom is -0.458 e. The molecule has 1 aliphatic rings. The van der Waals surface area contributed by atoms with Crippen LogP contribution in [0.4, 0.5) is 5.69 Å². The second-order valence-electron chi connectivity index (χ2n) is 10.1. The molecule has 0 saturated carbocycles. The highest BCUT2D eigenvalue weighted by Gasteiger charge is 2.38. The van der Waals surface area contributed by atoms with Crippen molar-refractivity contribution in [2.75, 3.05) is 11.9 Å². The van der Waals surface area contributed by atoms with Crippen LogP contribution in [0.3, 0.4) is 0 Å². The highest BCUT2D eigenvalue weighted by Crippen LogP contribution is 2.29. The summed E-state index contributed by atoms with van der Waals surface area (Å²) in [7, 11) is -4.23. The van der Waals surface area contributed by atoms with Gasteiger partial charge in [0.1, 0.15) is 22.6 Å². The van der Waals surface area contributed by atoms with Crippen LogP contribution in [-0.4, -0.2) is 55.3 Å². The van der Waals surface area contributed by atoms with Crippen LogP contribution < -0.4 is 15.8 Å². The first-order chi connectivity index (χ1) is 17.7. The van der Waals surface area contributed by atoms with Crippen molar-refractivity contribution in [3.8, 4) is 0 Å². The number of hydrogen-bond donors (Lipinski definition) is 3. The number of likely N-dealkylation sites (tertiary alicyclic amines) is 1. The van der Waals surface area contributed by atoms with Gasteiger partial charge in [0.2, 0.25) is 15.9 Å². The second kappa shape index (κ2) is 11.7. The molecule has 2 atom stereocenters. The van der Waals surface area contributed by atoms with E-state index in [2.05, 4.69) is 10.6 Å². The molecule has 2 aromatic rings. The van der Waals surface area contributed by atoms with Crippen LogP contribution >= 0.6 is 11.6 Å². The van der Waals surface area contributed by atoms with Gasteiger partial charge >= 0.3 is 5.97 Å². The lowest BCUT2D eigenvalue weighted by Crippen LogP contribution is -2.51. The molecule has 0 aliphatic carbocycles. The van der Waals surface area contributed by atoms with Gasteiger partial charge in [0.25, 0.3) is 5.91 Å². The average Bonchev–Trinajstić information content (AvgIpc) is 3.31.